The van der Waals surface area contributed by atoms with Crippen molar-refractivity contribution in [2.45, 2.75) is 39.2 Å². The summed E-state index contributed by atoms with van der Waals surface area (Å²) >= 11 is 0. The molecule has 0 radical (unpaired) electrons. The Morgan fingerprint density at radius 1 is 1.25 bits per heavy atom. The molecule has 5 heteroatoms. The van der Waals surface area contributed by atoms with Crippen LogP contribution in [0, 0.1) is 6.92 Å². The number of carbonyl (C=O) groups is 1. The first-order valence-corrected chi connectivity index (χ1v) is 8.20. The van der Waals surface area contributed by atoms with Crippen molar-refractivity contribution in [3.8, 4) is 0 Å². The van der Waals surface area contributed by atoms with E-state index in [1.54, 1.807) is 10.8 Å². The van der Waals surface area contributed by atoms with E-state index in [9.17, 15) is 9.90 Å². The van der Waals surface area contributed by atoms with E-state index in [0.29, 0.717) is 18.5 Å². The van der Waals surface area contributed by atoms with Crippen molar-refractivity contribution < 1.29 is 9.90 Å². The third-order valence-electron chi connectivity index (χ3n) is 4.20. The van der Waals surface area contributed by atoms with Crippen LogP contribution in [0.5, 0.6) is 0 Å². The number of aromatic nitrogens is 3. The van der Waals surface area contributed by atoms with Crippen LogP contribution < -0.4 is 0 Å². The lowest BCUT2D eigenvalue weighted by Crippen LogP contribution is -2.21. The number of rotatable bonds is 6. The van der Waals surface area contributed by atoms with E-state index in [1.165, 1.54) is 5.56 Å². The van der Waals surface area contributed by atoms with E-state index in [2.05, 4.69) is 22.1 Å². The molecule has 1 aromatic carbocycles. The minimum Gasteiger partial charge on any atom is -0.480 e. The second-order valence-corrected chi connectivity index (χ2v) is 6.00. The monoisotopic (exact) mass is 323 g/mol. The van der Waals surface area contributed by atoms with Gasteiger partial charge < -0.3 is 5.11 Å². The lowest BCUT2D eigenvalue weighted by Gasteiger charge is -2.15. The Balaban J connectivity index is 2.03. The molecule has 3 rings (SSSR count). The molecule has 0 saturated heterocycles. The van der Waals surface area contributed by atoms with Crippen LogP contribution in [-0.4, -0.2) is 25.6 Å². The predicted molar refractivity (Wildman–Crippen MR) is 93.1 cm³/mol. The van der Waals surface area contributed by atoms with Crippen LogP contribution in [0.25, 0.3) is 11.2 Å². The van der Waals surface area contributed by atoms with Crippen molar-refractivity contribution in [3.63, 3.8) is 0 Å². The number of pyridine rings is 1. The fourth-order valence-electron chi connectivity index (χ4n) is 3.00. The summed E-state index contributed by atoms with van der Waals surface area (Å²) in [7, 11) is 0. The number of nitrogens with zero attached hydrogens (tertiary/aromatic N) is 3. The van der Waals surface area contributed by atoms with E-state index in [-0.39, 0.29) is 0 Å². The molecule has 1 unspecified atom stereocenters. The quantitative estimate of drug-likeness (QED) is 0.753. The van der Waals surface area contributed by atoms with Gasteiger partial charge in [-0.3, -0.25) is 4.57 Å². The van der Waals surface area contributed by atoms with Gasteiger partial charge in [0.1, 0.15) is 17.4 Å². The molecule has 1 N–H and O–H groups in total. The Morgan fingerprint density at radius 3 is 2.67 bits per heavy atom. The highest BCUT2D eigenvalue weighted by Gasteiger charge is 2.24. The molecule has 5 nitrogen and oxygen atoms in total. The van der Waals surface area contributed by atoms with Crippen molar-refractivity contribution in [1.29, 1.82) is 0 Å². The highest BCUT2D eigenvalue weighted by atomic mass is 16.4. The number of fused-ring (bicyclic) bond motifs is 1. The molecule has 0 saturated carbocycles. The number of benzene rings is 1. The Bertz CT molecular complexity index is 856. The van der Waals surface area contributed by atoms with Crippen LogP contribution in [0.3, 0.4) is 0 Å². The van der Waals surface area contributed by atoms with Gasteiger partial charge in [-0.25, -0.2) is 14.8 Å². The van der Waals surface area contributed by atoms with Crippen LogP contribution in [0.1, 0.15) is 36.3 Å². The summed E-state index contributed by atoms with van der Waals surface area (Å²) in [5.41, 5.74) is 3.64. The molecule has 0 aliphatic rings. The Morgan fingerprint density at radius 2 is 2.00 bits per heavy atom. The number of aryl methyl sites for hydroxylation is 3. The highest BCUT2D eigenvalue weighted by Crippen LogP contribution is 2.24. The SMILES string of the molecule is CCC(C(=O)O)n1c(CCc2ccccc2)nc2cc(C)cnc21. The minimum atomic E-state index is -0.847. The number of imidazole rings is 1. The number of hydrogen-bond donors (Lipinski definition) is 1. The number of carboxylic acid groups (broad SMARTS) is 1. The van der Waals surface area contributed by atoms with Crippen molar-refractivity contribution in [2.24, 2.45) is 0 Å². The molecular weight excluding hydrogens is 302 g/mol. The van der Waals surface area contributed by atoms with E-state index in [1.807, 2.05) is 38.1 Å². The smallest absolute Gasteiger partial charge is 0.326 e. The molecule has 0 aliphatic heterocycles. The van der Waals surface area contributed by atoms with Gasteiger partial charge in [0.25, 0.3) is 0 Å². The first kappa shape index (κ1) is 16.2. The number of hydrogen-bond acceptors (Lipinski definition) is 3. The second kappa shape index (κ2) is 6.83. The standard InChI is InChI=1S/C19H21N3O2/c1-3-16(19(23)24)22-17(10-9-14-7-5-4-6-8-14)21-15-11-13(2)12-20-18(15)22/h4-8,11-12,16H,3,9-10H2,1-2H3,(H,23,24). The highest BCUT2D eigenvalue weighted by molar-refractivity contribution is 5.78. The zero-order chi connectivity index (χ0) is 17.1. The third-order valence-corrected chi connectivity index (χ3v) is 4.20. The topological polar surface area (TPSA) is 68.0 Å². The lowest BCUT2D eigenvalue weighted by atomic mass is 10.1. The van der Waals surface area contributed by atoms with Crippen molar-refractivity contribution in [3.05, 3.63) is 59.5 Å². The largest absolute Gasteiger partial charge is 0.480 e. The Hall–Kier alpha value is -2.69. The van der Waals surface area contributed by atoms with Crippen molar-refractivity contribution >= 4 is 17.1 Å². The summed E-state index contributed by atoms with van der Waals surface area (Å²) in [6.07, 6.45) is 3.76. The normalized spacial score (nSPS) is 12.4. The van der Waals surface area contributed by atoms with Crippen LogP contribution >= 0.6 is 0 Å². The fourth-order valence-corrected chi connectivity index (χ4v) is 3.00. The predicted octanol–water partition coefficient (Wildman–Crippen LogP) is 3.56. The molecule has 24 heavy (non-hydrogen) atoms. The van der Waals surface area contributed by atoms with Crippen molar-refractivity contribution in [2.75, 3.05) is 0 Å². The maximum atomic E-state index is 11.7. The van der Waals surface area contributed by atoms with Crippen LogP contribution in [-0.2, 0) is 17.6 Å². The average molecular weight is 323 g/mol. The minimum absolute atomic E-state index is 0.495. The van der Waals surface area contributed by atoms with Gasteiger partial charge in [0.05, 0.1) is 0 Å². The molecule has 0 aliphatic carbocycles. The fraction of sp³-hybridized carbons (Fsp3) is 0.316. The zero-order valence-corrected chi connectivity index (χ0v) is 13.9. The maximum absolute atomic E-state index is 11.7. The molecule has 0 spiro atoms. The van der Waals surface area contributed by atoms with Gasteiger partial charge in [-0.05, 0) is 37.0 Å². The summed E-state index contributed by atoms with van der Waals surface area (Å²) in [6, 6.07) is 11.5. The molecule has 0 bridgehead atoms. The molecule has 1 atom stereocenters. The van der Waals surface area contributed by atoms with E-state index < -0.39 is 12.0 Å². The first-order valence-electron chi connectivity index (χ1n) is 8.20. The Labute approximate surface area is 141 Å². The van der Waals surface area contributed by atoms with Gasteiger partial charge >= 0.3 is 5.97 Å². The molecule has 0 fully saturated rings. The summed E-state index contributed by atoms with van der Waals surface area (Å²) in [4.78, 5) is 20.8. The van der Waals surface area contributed by atoms with Gasteiger partial charge in [-0.15, -0.1) is 0 Å². The second-order valence-electron chi connectivity index (χ2n) is 6.00. The molecule has 0 amide bonds. The van der Waals surface area contributed by atoms with E-state index in [4.69, 9.17) is 0 Å². The molecule has 124 valence electrons. The summed E-state index contributed by atoms with van der Waals surface area (Å²) in [6.45, 7) is 3.84. The maximum Gasteiger partial charge on any atom is 0.326 e. The van der Waals surface area contributed by atoms with Crippen molar-refractivity contribution in [1.82, 2.24) is 14.5 Å². The summed E-state index contributed by atoms with van der Waals surface area (Å²) in [5.74, 6) is -0.0682. The van der Waals surface area contributed by atoms with Crippen LogP contribution in [0.2, 0.25) is 0 Å². The summed E-state index contributed by atoms with van der Waals surface area (Å²) < 4.78 is 1.79. The zero-order valence-electron chi connectivity index (χ0n) is 13.9. The lowest BCUT2D eigenvalue weighted by molar-refractivity contribution is -0.141. The first-order chi connectivity index (χ1) is 11.6. The molecule has 2 heterocycles. The molecular formula is C19H21N3O2. The van der Waals surface area contributed by atoms with E-state index >= 15 is 0 Å². The van der Waals surface area contributed by atoms with Gasteiger partial charge in [-0.2, -0.15) is 0 Å². The third kappa shape index (κ3) is 3.15. The van der Waals surface area contributed by atoms with Gasteiger partial charge in [0.2, 0.25) is 0 Å². The number of aliphatic carboxylic acids is 1. The average Bonchev–Trinajstić information content (AvgIpc) is 2.92. The van der Waals surface area contributed by atoms with Gasteiger partial charge in [0.15, 0.2) is 5.65 Å². The van der Waals surface area contributed by atoms with E-state index in [0.717, 1.165) is 23.3 Å². The molecule has 2 aromatic heterocycles. The summed E-state index contributed by atoms with van der Waals surface area (Å²) in [5, 5.41) is 9.59. The Kier molecular flexibility index (Phi) is 4.60. The van der Waals surface area contributed by atoms with Gasteiger partial charge in [-0.1, -0.05) is 37.3 Å². The molecule has 3 aromatic rings. The van der Waals surface area contributed by atoms with Crippen LogP contribution in [0.15, 0.2) is 42.6 Å². The van der Waals surface area contributed by atoms with Crippen LogP contribution in [0.4, 0.5) is 0 Å². The number of carboxylic acids is 1. The van der Waals surface area contributed by atoms with Gasteiger partial charge in [0, 0.05) is 12.6 Å².